The first-order valence-electron chi connectivity index (χ1n) is 9.36. The summed E-state index contributed by atoms with van der Waals surface area (Å²) in [6, 6.07) is 17.7. The molecule has 0 aliphatic carbocycles. The largest absolute Gasteiger partial charge is 0.482 e. The third-order valence-electron chi connectivity index (χ3n) is 4.39. The van der Waals surface area contributed by atoms with Crippen LogP contribution in [0.15, 0.2) is 72.8 Å². The number of hydrogen-bond acceptors (Lipinski definition) is 5. The van der Waals surface area contributed by atoms with E-state index in [1.807, 2.05) is 6.07 Å². The van der Waals surface area contributed by atoms with E-state index in [1.165, 1.54) is 6.92 Å². The van der Waals surface area contributed by atoms with Crippen LogP contribution < -0.4 is 4.74 Å². The van der Waals surface area contributed by atoms with E-state index in [2.05, 4.69) is 0 Å². The molecule has 0 amide bonds. The van der Waals surface area contributed by atoms with Crippen LogP contribution in [0.25, 0.3) is 0 Å². The molecule has 0 saturated heterocycles. The van der Waals surface area contributed by atoms with Gasteiger partial charge in [0.1, 0.15) is 5.75 Å². The molecule has 0 aliphatic rings. The van der Waals surface area contributed by atoms with Gasteiger partial charge in [-0.1, -0.05) is 30.3 Å². The molecule has 1 atom stereocenters. The van der Waals surface area contributed by atoms with Gasteiger partial charge in [-0.15, -0.1) is 0 Å². The predicted molar refractivity (Wildman–Crippen MR) is 108 cm³/mol. The van der Waals surface area contributed by atoms with Crippen LogP contribution >= 0.6 is 0 Å². The number of carbonyl (C=O) groups excluding carboxylic acids is 3. The lowest BCUT2D eigenvalue weighted by Gasteiger charge is -2.13. The number of Topliss-reactive ketones (excluding diaryl/α,β-unsaturated/α-hetero) is 1. The fourth-order valence-corrected chi connectivity index (χ4v) is 2.77. The highest BCUT2D eigenvalue weighted by Crippen LogP contribution is 2.16. The molecule has 0 spiro atoms. The van der Waals surface area contributed by atoms with E-state index in [4.69, 9.17) is 9.47 Å². The van der Waals surface area contributed by atoms with Crippen molar-refractivity contribution in [2.75, 3.05) is 6.61 Å². The molecular formula is C24H18F2O5. The average molecular weight is 424 g/mol. The van der Waals surface area contributed by atoms with Crippen molar-refractivity contribution in [3.63, 3.8) is 0 Å². The quantitative estimate of drug-likeness (QED) is 0.396. The van der Waals surface area contributed by atoms with Crippen molar-refractivity contribution in [2.45, 2.75) is 13.0 Å². The van der Waals surface area contributed by atoms with Gasteiger partial charge in [0.05, 0.1) is 0 Å². The molecule has 0 aliphatic heterocycles. The maximum Gasteiger partial charge on any atom is 0.344 e. The highest BCUT2D eigenvalue weighted by Gasteiger charge is 2.21. The normalized spacial score (nSPS) is 11.5. The van der Waals surface area contributed by atoms with Gasteiger partial charge in [-0.25, -0.2) is 13.6 Å². The Hall–Kier alpha value is -3.87. The second-order valence-electron chi connectivity index (χ2n) is 6.63. The standard InChI is InChI=1S/C24H18F2O5/c1-15(23(28)18-9-12-20(25)21(26)13-18)31-22(27)14-30-19-10-7-17(8-11-19)24(29)16-5-3-2-4-6-16/h2-13,15H,14H2,1H3/t15-/m0/s1. The molecule has 31 heavy (non-hydrogen) atoms. The third-order valence-corrected chi connectivity index (χ3v) is 4.39. The first kappa shape index (κ1) is 21.8. The molecule has 0 aromatic heterocycles. The van der Waals surface area contributed by atoms with Crippen LogP contribution in [0.1, 0.15) is 33.2 Å². The number of esters is 1. The minimum atomic E-state index is -1.20. The summed E-state index contributed by atoms with van der Waals surface area (Å²) in [5, 5.41) is 0. The number of ether oxygens (including phenoxy) is 2. The van der Waals surface area contributed by atoms with E-state index in [0.29, 0.717) is 16.9 Å². The summed E-state index contributed by atoms with van der Waals surface area (Å²) in [5.41, 5.74) is 0.908. The lowest BCUT2D eigenvalue weighted by Crippen LogP contribution is -2.27. The van der Waals surface area contributed by atoms with E-state index in [0.717, 1.165) is 18.2 Å². The average Bonchev–Trinajstić information content (AvgIpc) is 2.79. The topological polar surface area (TPSA) is 69.7 Å². The second-order valence-corrected chi connectivity index (χ2v) is 6.63. The zero-order valence-corrected chi connectivity index (χ0v) is 16.5. The van der Waals surface area contributed by atoms with Gasteiger partial charge in [-0.2, -0.15) is 0 Å². The van der Waals surface area contributed by atoms with Crippen molar-refractivity contribution >= 4 is 17.5 Å². The van der Waals surface area contributed by atoms with Crippen molar-refractivity contribution in [3.05, 3.63) is 101 Å². The Bertz CT molecular complexity index is 1090. The van der Waals surface area contributed by atoms with Crippen molar-refractivity contribution in [1.82, 2.24) is 0 Å². The van der Waals surface area contributed by atoms with Crippen molar-refractivity contribution in [2.24, 2.45) is 0 Å². The minimum Gasteiger partial charge on any atom is -0.482 e. The fraction of sp³-hybridized carbons (Fsp3) is 0.125. The number of halogens is 2. The summed E-state index contributed by atoms with van der Waals surface area (Å²) in [5.74, 6) is -3.53. The third kappa shape index (κ3) is 5.60. The van der Waals surface area contributed by atoms with Crippen molar-refractivity contribution in [3.8, 4) is 5.75 Å². The molecule has 3 aromatic rings. The van der Waals surface area contributed by atoms with Crippen molar-refractivity contribution in [1.29, 1.82) is 0 Å². The van der Waals surface area contributed by atoms with Crippen LogP contribution in [-0.4, -0.2) is 30.2 Å². The van der Waals surface area contributed by atoms with Gasteiger partial charge in [0, 0.05) is 16.7 Å². The van der Waals surface area contributed by atoms with Crippen LogP contribution in [0.4, 0.5) is 8.78 Å². The molecule has 0 bridgehead atoms. The summed E-state index contributed by atoms with van der Waals surface area (Å²) in [7, 11) is 0. The lowest BCUT2D eigenvalue weighted by molar-refractivity contribution is -0.148. The van der Waals surface area contributed by atoms with Crippen LogP contribution in [0, 0.1) is 11.6 Å². The van der Waals surface area contributed by atoms with Crippen LogP contribution in [0.2, 0.25) is 0 Å². The molecule has 0 heterocycles. The highest BCUT2D eigenvalue weighted by molar-refractivity contribution is 6.09. The SMILES string of the molecule is C[C@H](OC(=O)COc1ccc(C(=O)c2ccccc2)cc1)C(=O)c1ccc(F)c(F)c1. The minimum absolute atomic E-state index is 0.112. The van der Waals surface area contributed by atoms with Gasteiger partial charge in [0.25, 0.3) is 0 Å². The van der Waals surface area contributed by atoms with Gasteiger partial charge >= 0.3 is 5.97 Å². The first-order valence-corrected chi connectivity index (χ1v) is 9.36. The van der Waals surface area contributed by atoms with Gasteiger partial charge in [0.2, 0.25) is 5.78 Å². The number of benzene rings is 3. The van der Waals surface area contributed by atoms with Crippen LogP contribution in [-0.2, 0) is 9.53 Å². The van der Waals surface area contributed by atoms with Gasteiger partial charge < -0.3 is 9.47 Å². The second kappa shape index (κ2) is 9.75. The van der Waals surface area contributed by atoms with Gasteiger partial charge in [-0.3, -0.25) is 9.59 Å². The molecule has 7 heteroatoms. The van der Waals surface area contributed by atoms with Gasteiger partial charge in [0.15, 0.2) is 30.1 Å². The highest BCUT2D eigenvalue weighted by atomic mass is 19.2. The Labute approximate surface area is 177 Å². The molecule has 3 rings (SSSR count). The zero-order valence-electron chi connectivity index (χ0n) is 16.5. The number of ketones is 2. The Balaban J connectivity index is 1.52. The van der Waals surface area contributed by atoms with E-state index < -0.39 is 36.1 Å². The first-order chi connectivity index (χ1) is 14.8. The Morgan fingerprint density at radius 1 is 0.806 bits per heavy atom. The van der Waals surface area contributed by atoms with E-state index in [1.54, 1.807) is 48.5 Å². The van der Waals surface area contributed by atoms with Crippen LogP contribution in [0.3, 0.4) is 0 Å². The molecule has 0 fully saturated rings. The lowest BCUT2D eigenvalue weighted by atomic mass is 10.0. The Kier molecular flexibility index (Phi) is 6.87. The zero-order chi connectivity index (χ0) is 22.4. The molecule has 0 radical (unpaired) electrons. The number of rotatable bonds is 8. The van der Waals surface area contributed by atoms with E-state index in [9.17, 15) is 23.2 Å². The Morgan fingerprint density at radius 2 is 1.42 bits per heavy atom. The molecule has 0 N–H and O–H groups in total. The maximum atomic E-state index is 13.3. The Morgan fingerprint density at radius 3 is 2.06 bits per heavy atom. The predicted octanol–water partition coefficient (Wildman–Crippen LogP) is 4.39. The van der Waals surface area contributed by atoms with E-state index >= 15 is 0 Å². The molecule has 3 aromatic carbocycles. The summed E-state index contributed by atoms with van der Waals surface area (Å²) in [6.45, 7) is 0.854. The van der Waals surface area contributed by atoms with E-state index in [-0.39, 0.29) is 11.3 Å². The van der Waals surface area contributed by atoms with Gasteiger partial charge in [-0.05, 0) is 49.4 Å². The maximum absolute atomic E-state index is 13.3. The summed E-state index contributed by atoms with van der Waals surface area (Å²) < 4.78 is 36.6. The molecule has 158 valence electrons. The number of hydrogen-bond donors (Lipinski definition) is 0. The monoisotopic (exact) mass is 424 g/mol. The molecular weight excluding hydrogens is 406 g/mol. The molecule has 0 saturated carbocycles. The summed E-state index contributed by atoms with van der Waals surface area (Å²) in [4.78, 5) is 36.5. The summed E-state index contributed by atoms with van der Waals surface area (Å²) >= 11 is 0. The van der Waals surface area contributed by atoms with Crippen molar-refractivity contribution < 1.29 is 32.6 Å². The number of carbonyl (C=O) groups is 3. The molecule has 0 unspecified atom stereocenters. The fourth-order valence-electron chi connectivity index (χ4n) is 2.77. The molecule has 5 nitrogen and oxygen atoms in total. The summed E-state index contributed by atoms with van der Waals surface area (Å²) in [6.07, 6.45) is -1.20. The van der Waals surface area contributed by atoms with Crippen LogP contribution in [0.5, 0.6) is 5.75 Å². The smallest absolute Gasteiger partial charge is 0.344 e.